The normalized spacial score (nSPS) is 18.1. The molecule has 0 aliphatic carbocycles. The molecule has 7 nitrogen and oxygen atoms in total. The van der Waals surface area contributed by atoms with Crippen LogP contribution in [-0.2, 0) is 31.9 Å². The number of carbonyl (C=O) groups is 2. The molecule has 0 radical (unpaired) electrons. The number of ketones is 1. The van der Waals surface area contributed by atoms with E-state index in [0.717, 1.165) is 12.1 Å². The van der Waals surface area contributed by atoms with Gasteiger partial charge in [-0.15, -0.1) is 13.2 Å². The van der Waals surface area contributed by atoms with Gasteiger partial charge >= 0.3 is 18.5 Å². The highest BCUT2D eigenvalue weighted by Crippen LogP contribution is 2.32. The predicted octanol–water partition coefficient (Wildman–Crippen LogP) is 6.31. The van der Waals surface area contributed by atoms with Crippen LogP contribution in [0.4, 0.5) is 35.1 Å². The van der Waals surface area contributed by atoms with Crippen LogP contribution in [0.3, 0.4) is 0 Å². The number of Topliss-reactive ketones (excluding diaryl/α,β-unsaturated/α-hetero) is 1. The Labute approximate surface area is 276 Å². The molecule has 15 heteroatoms. The highest BCUT2D eigenvalue weighted by Gasteiger charge is 2.33. The number of esters is 1. The number of rotatable bonds is 14. The fourth-order valence-electron chi connectivity index (χ4n) is 5.47. The SMILES string of the molecule is N[C@H](C(=O)Cc1cccc(F)c1CC[C@@H]1CN[C@H](COC(=O)CCC(F)(F)F)CO1)[C@H](c1ccc(F)cc1)c1ccc(OC(F)(F)F)cc1. The molecule has 1 aliphatic rings. The van der Waals surface area contributed by atoms with Crippen LogP contribution in [0.15, 0.2) is 66.7 Å². The van der Waals surface area contributed by atoms with Crippen LogP contribution in [0.1, 0.15) is 47.4 Å². The molecule has 0 amide bonds. The van der Waals surface area contributed by atoms with Crippen LogP contribution < -0.4 is 15.8 Å². The topological polar surface area (TPSA) is 99.9 Å². The summed E-state index contributed by atoms with van der Waals surface area (Å²) in [5.41, 5.74) is 7.91. The summed E-state index contributed by atoms with van der Waals surface area (Å²) in [6, 6.07) is 12.6. The summed E-state index contributed by atoms with van der Waals surface area (Å²) in [4.78, 5) is 25.2. The van der Waals surface area contributed by atoms with Gasteiger partial charge in [-0.3, -0.25) is 9.59 Å². The van der Waals surface area contributed by atoms with E-state index in [1.165, 1.54) is 48.5 Å². The van der Waals surface area contributed by atoms with E-state index in [1.54, 1.807) is 6.07 Å². The lowest BCUT2D eigenvalue weighted by Gasteiger charge is -2.30. The number of morpholine rings is 1. The van der Waals surface area contributed by atoms with Crippen LogP contribution >= 0.6 is 0 Å². The van der Waals surface area contributed by atoms with Crippen molar-refractivity contribution in [3.63, 3.8) is 0 Å². The van der Waals surface area contributed by atoms with Gasteiger partial charge in [-0.1, -0.05) is 36.4 Å². The molecule has 0 saturated carbocycles. The van der Waals surface area contributed by atoms with Crippen molar-refractivity contribution in [1.82, 2.24) is 5.32 Å². The fraction of sp³-hybridized carbons (Fsp3) is 0.412. The van der Waals surface area contributed by atoms with E-state index in [9.17, 15) is 40.3 Å². The predicted molar refractivity (Wildman–Crippen MR) is 161 cm³/mol. The van der Waals surface area contributed by atoms with Crippen molar-refractivity contribution in [2.45, 2.75) is 68.7 Å². The summed E-state index contributed by atoms with van der Waals surface area (Å²) in [5, 5.41) is 3.10. The second-order valence-corrected chi connectivity index (χ2v) is 11.6. The third kappa shape index (κ3) is 11.8. The van der Waals surface area contributed by atoms with Crippen LogP contribution in [0.5, 0.6) is 5.75 Å². The monoisotopic (exact) mass is 702 g/mol. The molecule has 0 bridgehead atoms. The number of alkyl halides is 6. The molecule has 3 aromatic rings. The molecule has 49 heavy (non-hydrogen) atoms. The Morgan fingerprint density at radius 2 is 1.59 bits per heavy atom. The maximum absolute atomic E-state index is 15.1. The lowest BCUT2D eigenvalue weighted by molar-refractivity contribution is -0.274. The van der Waals surface area contributed by atoms with Crippen molar-refractivity contribution in [3.05, 3.63) is 101 Å². The van der Waals surface area contributed by atoms with Gasteiger partial charge in [0.2, 0.25) is 0 Å². The quantitative estimate of drug-likeness (QED) is 0.150. The second kappa shape index (κ2) is 16.5. The Hall–Kier alpha value is -4.08. The molecule has 1 saturated heterocycles. The lowest BCUT2D eigenvalue weighted by Crippen LogP contribution is -2.49. The van der Waals surface area contributed by atoms with Gasteiger partial charge in [0, 0.05) is 18.9 Å². The van der Waals surface area contributed by atoms with Gasteiger partial charge in [-0.2, -0.15) is 13.2 Å². The Bertz CT molecular complexity index is 1540. The third-order valence-corrected chi connectivity index (χ3v) is 7.96. The molecular weight excluding hydrogens is 668 g/mol. The molecule has 1 aliphatic heterocycles. The van der Waals surface area contributed by atoms with E-state index < -0.39 is 72.5 Å². The Morgan fingerprint density at radius 1 is 0.939 bits per heavy atom. The number of carbonyl (C=O) groups excluding carboxylic acids is 2. The number of halogens is 8. The van der Waals surface area contributed by atoms with E-state index in [4.69, 9.17) is 15.2 Å². The van der Waals surface area contributed by atoms with E-state index in [0.29, 0.717) is 29.7 Å². The summed E-state index contributed by atoms with van der Waals surface area (Å²) in [5.74, 6) is -3.93. The highest BCUT2D eigenvalue weighted by molar-refractivity contribution is 5.87. The third-order valence-electron chi connectivity index (χ3n) is 7.96. The molecule has 1 fully saturated rings. The van der Waals surface area contributed by atoms with E-state index >= 15 is 4.39 Å². The molecule has 266 valence electrons. The van der Waals surface area contributed by atoms with Crippen molar-refractivity contribution in [1.29, 1.82) is 0 Å². The number of ether oxygens (including phenoxy) is 3. The first-order chi connectivity index (χ1) is 23.1. The molecule has 3 N–H and O–H groups in total. The lowest BCUT2D eigenvalue weighted by atomic mass is 9.82. The first kappa shape index (κ1) is 37.7. The fourth-order valence-corrected chi connectivity index (χ4v) is 5.47. The first-order valence-corrected chi connectivity index (χ1v) is 15.3. The highest BCUT2D eigenvalue weighted by atomic mass is 19.4. The van der Waals surface area contributed by atoms with E-state index in [-0.39, 0.29) is 37.7 Å². The van der Waals surface area contributed by atoms with Gasteiger partial charge in [0.1, 0.15) is 24.0 Å². The number of hydrogen-bond donors (Lipinski definition) is 2. The summed E-state index contributed by atoms with van der Waals surface area (Å²) in [6.45, 7) is 0.223. The average Bonchev–Trinajstić information content (AvgIpc) is 3.03. The second-order valence-electron chi connectivity index (χ2n) is 11.6. The van der Waals surface area contributed by atoms with Crippen molar-refractivity contribution in [2.24, 2.45) is 5.73 Å². The zero-order chi connectivity index (χ0) is 35.8. The summed E-state index contributed by atoms with van der Waals surface area (Å²) in [6.07, 6.45) is -11.6. The van der Waals surface area contributed by atoms with Crippen molar-refractivity contribution >= 4 is 11.8 Å². The summed E-state index contributed by atoms with van der Waals surface area (Å²) in [7, 11) is 0. The molecule has 0 aromatic heterocycles. The molecule has 0 spiro atoms. The zero-order valence-electron chi connectivity index (χ0n) is 26.0. The van der Waals surface area contributed by atoms with Gasteiger partial charge in [0.05, 0.1) is 37.6 Å². The number of nitrogens with two attached hydrogens (primary N) is 1. The number of hydrogen-bond acceptors (Lipinski definition) is 7. The molecule has 1 heterocycles. The summed E-state index contributed by atoms with van der Waals surface area (Å²) < 4.78 is 118. The Balaban J connectivity index is 1.38. The van der Waals surface area contributed by atoms with Gasteiger partial charge in [-0.05, 0) is 65.4 Å². The van der Waals surface area contributed by atoms with Crippen LogP contribution in [0, 0.1) is 11.6 Å². The number of benzene rings is 3. The number of nitrogens with one attached hydrogen (secondary N) is 1. The van der Waals surface area contributed by atoms with Crippen molar-refractivity contribution < 1.29 is 58.9 Å². The minimum atomic E-state index is -4.91. The van der Waals surface area contributed by atoms with Crippen molar-refractivity contribution in [2.75, 3.05) is 19.8 Å². The van der Waals surface area contributed by atoms with Crippen LogP contribution in [-0.4, -0.2) is 62.2 Å². The Morgan fingerprint density at radius 3 is 2.18 bits per heavy atom. The van der Waals surface area contributed by atoms with Crippen molar-refractivity contribution in [3.8, 4) is 5.75 Å². The van der Waals surface area contributed by atoms with E-state index in [1.807, 2.05) is 0 Å². The maximum atomic E-state index is 15.1. The molecule has 0 unspecified atom stereocenters. The van der Waals surface area contributed by atoms with Gasteiger partial charge < -0.3 is 25.3 Å². The standard InChI is InChI=1S/C34H34F8N2O5/c35-23-8-4-20(5-9-23)31(21-6-10-25(11-7-21)49-34(40,41)42)32(43)29(45)16-22-2-1-3-28(36)27(22)13-12-26-17-44-24(18-47-26)19-48-30(46)14-15-33(37,38)39/h1-11,24,26,31-32,44H,12-19,43H2/t24-,26+,31+,32+/m0/s1. The largest absolute Gasteiger partial charge is 0.573 e. The Kier molecular flexibility index (Phi) is 12.7. The smallest absolute Gasteiger partial charge is 0.464 e. The van der Waals surface area contributed by atoms with Crippen LogP contribution in [0.2, 0.25) is 0 Å². The molecule has 3 aromatic carbocycles. The average molecular weight is 703 g/mol. The zero-order valence-corrected chi connectivity index (χ0v) is 26.0. The first-order valence-electron chi connectivity index (χ1n) is 15.3. The summed E-state index contributed by atoms with van der Waals surface area (Å²) >= 11 is 0. The van der Waals surface area contributed by atoms with Crippen LogP contribution in [0.25, 0.3) is 0 Å². The molecule has 4 rings (SSSR count). The van der Waals surface area contributed by atoms with Gasteiger partial charge in [0.15, 0.2) is 5.78 Å². The molecule has 4 atom stereocenters. The molecular formula is C34H34F8N2O5. The maximum Gasteiger partial charge on any atom is 0.573 e. The van der Waals surface area contributed by atoms with Gasteiger partial charge in [0.25, 0.3) is 0 Å². The minimum Gasteiger partial charge on any atom is -0.464 e. The van der Waals surface area contributed by atoms with E-state index in [2.05, 4.69) is 10.1 Å². The van der Waals surface area contributed by atoms with Gasteiger partial charge in [-0.25, -0.2) is 8.78 Å². The minimum absolute atomic E-state index is 0.1000.